The summed E-state index contributed by atoms with van der Waals surface area (Å²) in [6.07, 6.45) is 4.60. The Morgan fingerprint density at radius 1 is 1.38 bits per heavy atom. The number of benzene rings is 1. The first-order chi connectivity index (χ1) is 10.2. The number of rotatable bonds is 5. The van der Waals surface area contributed by atoms with E-state index in [-0.39, 0.29) is 5.91 Å². The van der Waals surface area contributed by atoms with Crippen LogP contribution in [-0.2, 0) is 17.8 Å². The lowest BCUT2D eigenvalue weighted by molar-refractivity contribution is -0.130. The monoisotopic (exact) mass is 300 g/mol. The maximum atomic E-state index is 12.1. The van der Waals surface area contributed by atoms with E-state index in [9.17, 15) is 4.79 Å². The molecule has 5 nitrogen and oxygen atoms in total. The highest BCUT2D eigenvalue weighted by molar-refractivity contribution is 7.18. The number of carbonyl (C=O) groups is 1. The third kappa shape index (κ3) is 3.28. The van der Waals surface area contributed by atoms with Crippen molar-refractivity contribution in [2.75, 3.05) is 7.05 Å². The molecule has 108 valence electrons. The van der Waals surface area contributed by atoms with E-state index in [0.717, 1.165) is 16.3 Å². The van der Waals surface area contributed by atoms with Crippen LogP contribution < -0.4 is 0 Å². The number of imidazole rings is 1. The molecule has 0 unspecified atom stereocenters. The van der Waals surface area contributed by atoms with E-state index in [1.165, 1.54) is 4.70 Å². The summed E-state index contributed by atoms with van der Waals surface area (Å²) in [5.41, 5.74) is 1.01. The van der Waals surface area contributed by atoms with Gasteiger partial charge in [0.05, 0.1) is 21.8 Å². The summed E-state index contributed by atoms with van der Waals surface area (Å²) in [5.74, 6) is 0.900. The highest BCUT2D eigenvalue weighted by Crippen LogP contribution is 2.22. The summed E-state index contributed by atoms with van der Waals surface area (Å²) in [6, 6.07) is 8.04. The van der Waals surface area contributed by atoms with Gasteiger partial charge in [0, 0.05) is 32.3 Å². The summed E-state index contributed by atoms with van der Waals surface area (Å²) in [4.78, 5) is 25.5. The largest absolute Gasteiger partial charge is 0.347 e. The van der Waals surface area contributed by atoms with Crippen LogP contribution in [0.15, 0.2) is 36.7 Å². The number of hydrogen-bond acceptors (Lipinski definition) is 4. The van der Waals surface area contributed by atoms with E-state index in [2.05, 4.69) is 21.0 Å². The highest BCUT2D eigenvalue weighted by atomic mass is 32.1. The smallest absolute Gasteiger partial charge is 0.223 e. The summed E-state index contributed by atoms with van der Waals surface area (Å²) in [6.45, 7) is 0.506. The molecule has 0 atom stereocenters. The number of aromatic amines is 1. The van der Waals surface area contributed by atoms with E-state index < -0.39 is 0 Å². The van der Waals surface area contributed by atoms with E-state index in [1.807, 2.05) is 18.2 Å². The molecule has 6 heteroatoms. The van der Waals surface area contributed by atoms with Gasteiger partial charge < -0.3 is 9.88 Å². The molecule has 0 aliphatic carbocycles. The van der Waals surface area contributed by atoms with Gasteiger partial charge in [0.25, 0.3) is 0 Å². The molecule has 21 heavy (non-hydrogen) atoms. The fraction of sp³-hybridized carbons (Fsp3) is 0.267. The molecule has 0 spiro atoms. The van der Waals surface area contributed by atoms with Crippen molar-refractivity contribution in [2.24, 2.45) is 0 Å². The second-order valence-electron chi connectivity index (χ2n) is 4.86. The lowest BCUT2D eigenvalue weighted by Gasteiger charge is -2.15. The minimum Gasteiger partial charge on any atom is -0.347 e. The molecule has 0 aliphatic heterocycles. The quantitative estimate of drug-likeness (QED) is 0.788. The van der Waals surface area contributed by atoms with Gasteiger partial charge in [-0.05, 0) is 12.1 Å². The number of carbonyl (C=O) groups excluding carboxylic acids is 1. The number of amides is 1. The summed E-state index contributed by atoms with van der Waals surface area (Å²) >= 11 is 1.66. The number of nitrogens with one attached hydrogen (secondary N) is 1. The van der Waals surface area contributed by atoms with Crippen LogP contribution in [-0.4, -0.2) is 32.8 Å². The fourth-order valence-electron chi connectivity index (χ4n) is 2.13. The Bertz CT molecular complexity index is 702. The number of H-pyrrole nitrogens is 1. The van der Waals surface area contributed by atoms with Crippen molar-refractivity contribution >= 4 is 27.5 Å². The van der Waals surface area contributed by atoms with Gasteiger partial charge in [-0.2, -0.15) is 0 Å². The predicted octanol–water partition coefficient (Wildman–Crippen LogP) is 2.61. The van der Waals surface area contributed by atoms with Crippen molar-refractivity contribution in [3.05, 3.63) is 47.5 Å². The van der Waals surface area contributed by atoms with Crippen molar-refractivity contribution in [3.8, 4) is 0 Å². The second-order valence-corrected chi connectivity index (χ2v) is 5.98. The first-order valence-corrected chi connectivity index (χ1v) is 7.60. The lowest BCUT2D eigenvalue weighted by Crippen LogP contribution is -2.26. The van der Waals surface area contributed by atoms with Crippen LogP contribution in [0.4, 0.5) is 0 Å². The Hall–Kier alpha value is -2.21. The molecule has 1 N–H and O–H groups in total. The lowest BCUT2D eigenvalue weighted by atomic mass is 10.3. The molecule has 3 aromatic rings. The van der Waals surface area contributed by atoms with Gasteiger partial charge in [0.1, 0.15) is 5.82 Å². The van der Waals surface area contributed by atoms with Crippen LogP contribution in [0.5, 0.6) is 0 Å². The number of hydrogen-bond donors (Lipinski definition) is 1. The van der Waals surface area contributed by atoms with Crippen LogP contribution >= 0.6 is 11.3 Å². The third-order valence-electron chi connectivity index (χ3n) is 3.26. The van der Waals surface area contributed by atoms with Gasteiger partial charge in [-0.1, -0.05) is 12.1 Å². The van der Waals surface area contributed by atoms with Crippen LogP contribution in [0, 0.1) is 0 Å². The minimum absolute atomic E-state index is 0.102. The van der Waals surface area contributed by atoms with E-state index >= 15 is 0 Å². The Balaban J connectivity index is 1.57. The number of thiazole rings is 1. The Kier molecular flexibility index (Phi) is 3.96. The molecular formula is C15H16N4OS. The normalized spacial score (nSPS) is 10.9. The number of para-hydroxylation sites is 1. The maximum absolute atomic E-state index is 12.1. The van der Waals surface area contributed by atoms with Gasteiger partial charge in [0.15, 0.2) is 0 Å². The van der Waals surface area contributed by atoms with Crippen molar-refractivity contribution in [3.63, 3.8) is 0 Å². The summed E-state index contributed by atoms with van der Waals surface area (Å²) in [5, 5.41) is 1.01. The van der Waals surface area contributed by atoms with E-state index in [4.69, 9.17) is 0 Å². The third-order valence-corrected chi connectivity index (χ3v) is 4.35. The molecule has 2 aromatic heterocycles. The van der Waals surface area contributed by atoms with Gasteiger partial charge in [-0.3, -0.25) is 4.79 Å². The minimum atomic E-state index is 0.102. The van der Waals surface area contributed by atoms with Crippen molar-refractivity contribution in [1.82, 2.24) is 19.9 Å². The highest BCUT2D eigenvalue weighted by Gasteiger charge is 2.12. The topological polar surface area (TPSA) is 61.9 Å². The molecule has 2 heterocycles. The van der Waals surface area contributed by atoms with E-state index in [1.54, 1.807) is 35.7 Å². The van der Waals surface area contributed by atoms with E-state index in [0.29, 0.717) is 19.4 Å². The van der Waals surface area contributed by atoms with Crippen molar-refractivity contribution in [1.29, 1.82) is 0 Å². The van der Waals surface area contributed by atoms with Crippen LogP contribution in [0.1, 0.15) is 17.3 Å². The summed E-state index contributed by atoms with van der Waals surface area (Å²) < 4.78 is 1.17. The standard InChI is InChI=1S/C15H16N4OS/c1-19(10-13-16-8-9-17-13)15(20)7-6-14-18-11-4-2-3-5-12(11)21-14/h2-5,8-9H,6-7,10H2,1H3,(H,16,17). The molecule has 0 fully saturated rings. The zero-order valence-electron chi connectivity index (χ0n) is 11.7. The molecule has 0 radical (unpaired) electrons. The molecule has 1 aromatic carbocycles. The average Bonchev–Trinajstić information content (AvgIpc) is 3.13. The van der Waals surface area contributed by atoms with Crippen LogP contribution in [0.25, 0.3) is 10.2 Å². The average molecular weight is 300 g/mol. The van der Waals surface area contributed by atoms with Crippen LogP contribution in [0.3, 0.4) is 0 Å². The SMILES string of the molecule is CN(Cc1ncc[nH]1)C(=O)CCc1nc2ccccc2s1. The Morgan fingerprint density at radius 3 is 3.00 bits per heavy atom. The number of aryl methyl sites for hydroxylation is 1. The molecule has 3 rings (SSSR count). The van der Waals surface area contributed by atoms with Crippen molar-refractivity contribution in [2.45, 2.75) is 19.4 Å². The number of nitrogens with zero attached hydrogens (tertiary/aromatic N) is 3. The Morgan fingerprint density at radius 2 is 2.24 bits per heavy atom. The number of aromatic nitrogens is 3. The molecule has 0 aliphatic rings. The fourth-order valence-corrected chi connectivity index (χ4v) is 3.10. The first-order valence-electron chi connectivity index (χ1n) is 6.79. The molecule has 0 bridgehead atoms. The van der Waals surface area contributed by atoms with Crippen molar-refractivity contribution < 1.29 is 4.79 Å². The van der Waals surface area contributed by atoms with Gasteiger partial charge >= 0.3 is 0 Å². The molecule has 0 saturated heterocycles. The summed E-state index contributed by atoms with van der Waals surface area (Å²) in [7, 11) is 1.79. The predicted molar refractivity (Wildman–Crippen MR) is 83.0 cm³/mol. The molecular weight excluding hydrogens is 284 g/mol. The first kappa shape index (κ1) is 13.8. The van der Waals surface area contributed by atoms with Gasteiger partial charge in [-0.15, -0.1) is 11.3 Å². The second kappa shape index (κ2) is 6.05. The molecule has 1 amide bonds. The zero-order valence-corrected chi connectivity index (χ0v) is 12.6. The van der Waals surface area contributed by atoms with Gasteiger partial charge in [-0.25, -0.2) is 9.97 Å². The Labute approximate surface area is 126 Å². The molecule has 0 saturated carbocycles. The zero-order chi connectivity index (χ0) is 14.7. The van der Waals surface area contributed by atoms with Crippen LogP contribution in [0.2, 0.25) is 0 Å². The van der Waals surface area contributed by atoms with Gasteiger partial charge in [0.2, 0.25) is 5.91 Å². The maximum Gasteiger partial charge on any atom is 0.223 e. The number of fused-ring (bicyclic) bond motifs is 1.